The van der Waals surface area contributed by atoms with E-state index in [4.69, 9.17) is 16.3 Å². The minimum absolute atomic E-state index is 0.00443. The molecule has 4 heteroatoms. The number of Topliss-reactive ketones (excluding diaryl/α,β-unsaturated/α-hetero) is 2. The van der Waals surface area contributed by atoms with Crippen molar-refractivity contribution >= 4 is 23.2 Å². The van der Waals surface area contributed by atoms with Gasteiger partial charge in [-0.15, -0.1) is 0 Å². The maximum atomic E-state index is 11.9. The van der Waals surface area contributed by atoms with Gasteiger partial charge in [-0.1, -0.05) is 23.7 Å². The highest BCUT2D eigenvalue weighted by Gasteiger charge is 2.29. The first-order valence-corrected chi connectivity index (χ1v) is 5.92. The monoisotopic (exact) mass is 252 g/mol. The molecule has 1 saturated heterocycles. The second kappa shape index (κ2) is 5.43. The molecular formula is C13H13ClO3. The normalized spacial score (nSPS) is 20.3. The second-order valence-electron chi connectivity index (χ2n) is 4.11. The summed E-state index contributed by atoms with van der Waals surface area (Å²) in [5.41, 5.74) is 0.873. The third kappa shape index (κ3) is 3.14. The van der Waals surface area contributed by atoms with Crippen LogP contribution in [0.1, 0.15) is 12.0 Å². The Labute approximate surface area is 105 Å². The smallest absolute Gasteiger partial charge is 0.150 e. The van der Waals surface area contributed by atoms with Gasteiger partial charge in [0.1, 0.15) is 11.6 Å². The van der Waals surface area contributed by atoms with Gasteiger partial charge in [-0.3, -0.25) is 9.59 Å². The van der Waals surface area contributed by atoms with Crippen LogP contribution < -0.4 is 0 Å². The van der Waals surface area contributed by atoms with Gasteiger partial charge in [-0.05, 0) is 17.7 Å². The van der Waals surface area contributed by atoms with E-state index in [0.29, 0.717) is 18.1 Å². The highest BCUT2D eigenvalue weighted by atomic mass is 35.5. The molecule has 0 saturated carbocycles. The summed E-state index contributed by atoms with van der Waals surface area (Å²) in [4.78, 5) is 23.5. The number of carbonyl (C=O) groups excluding carboxylic acids is 2. The van der Waals surface area contributed by atoms with E-state index in [9.17, 15) is 9.59 Å². The van der Waals surface area contributed by atoms with E-state index in [1.807, 2.05) is 0 Å². The van der Waals surface area contributed by atoms with Crippen LogP contribution in [-0.4, -0.2) is 24.8 Å². The molecule has 0 bridgehead atoms. The van der Waals surface area contributed by atoms with Crippen molar-refractivity contribution in [2.75, 3.05) is 13.2 Å². The molecule has 2 rings (SSSR count). The molecule has 0 N–H and O–H groups in total. The molecule has 1 aromatic carbocycles. The maximum absolute atomic E-state index is 11.9. The lowest BCUT2D eigenvalue weighted by Gasteiger charge is -2.19. The largest absolute Gasteiger partial charge is 0.380 e. The second-order valence-corrected chi connectivity index (χ2v) is 4.55. The third-order valence-corrected chi connectivity index (χ3v) is 3.10. The number of ether oxygens (including phenoxy) is 1. The Morgan fingerprint density at radius 3 is 2.71 bits per heavy atom. The van der Waals surface area contributed by atoms with Crippen molar-refractivity contribution in [2.24, 2.45) is 5.92 Å². The summed E-state index contributed by atoms with van der Waals surface area (Å²) in [5, 5.41) is 0.637. The molecule has 0 amide bonds. The van der Waals surface area contributed by atoms with E-state index in [0.717, 1.165) is 5.56 Å². The summed E-state index contributed by atoms with van der Waals surface area (Å²) in [6, 6.07) is 7.08. The Morgan fingerprint density at radius 2 is 2.06 bits per heavy atom. The number of rotatable bonds is 3. The molecule has 0 aromatic heterocycles. The van der Waals surface area contributed by atoms with Gasteiger partial charge in [0.15, 0.2) is 0 Å². The Kier molecular flexibility index (Phi) is 3.92. The fourth-order valence-electron chi connectivity index (χ4n) is 1.84. The van der Waals surface area contributed by atoms with Gasteiger partial charge in [-0.25, -0.2) is 0 Å². The molecule has 3 nitrogen and oxygen atoms in total. The summed E-state index contributed by atoms with van der Waals surface area (Å²) in [7, 11) is 0. The van der Waals surface area contributed by atoms with E-state index in [2.05, 4.69) is 0 Å². The van der Waals surface area contributed by atoms with Crippen LogP contribution in [0.4, 0.5) is 0 Å². The zero-order valence-electron chi connectivity index (χ0n) is 9.32. The Bertz CT molecular complexity index is 425. The molecule has 1 unspecified atom stereocenters. The van der Waals surface area contributed by atoms with E-state index in [1.54, 1.807) is 24.3 Å². The van der Waals surface area contributed by atoms with Crippen LogP contribution in [0.2, 0.25) is 5.02 Å². The van der Waals surface area contributed by atoms with Crippen LogP contribution >= 0.6 is 11.6 Å². The van der Waals surface area contributed by atoms with Crippen LogP contribution in [0.15, 0.2) is 24.3 Å². The van der Waals surface area contributed by atoms with Crippen LogP contribution in [-0.2, 0) is 20.7 Å². The molecule has 1 aromatic rings. The number of ketones is 2. The van der Waals surface area contributed by atoms with E-state index < -0.39 is 5.92 Å². The van der Waals surface area contributed by atoms with Gasteiger partial charge in [0.2, 0.25) is 0 Å². The molecule has 0 aliphatic carbocycles. The van der Waals surface area contributed by atoms with Crippen molar-refractivity contribution in [3.8, 4) is 0 Å². The quantitative estimate of drug-likeness (QED) is 0.774. The highest BCUT2D eigenvalue weighted by Crippen LogP contribution is 2.15. The Morgan fingerprint density at radius 1 is 1.35 bits per heavy atom. The van der Waals surface area contributed by atoms with Crippen LogP contribution in [0.5, 0.6) is 0 Å². The molecule has 1 heterocycles. The van der Waals surface area contributed by atoms with Gasteiger partial charge >= 0.3 is 0 Å². The molecule has 1 aliphatic rings. The molecular weight excluding hydrogens is 240 g/mol. The standard InChI is InChI=1S/C13H13ClO3/c14-10-3-1-9(2-4-10)7-13(16)11-8-17-6-5-12(11)15/h1-4,11H,5-8H2. The van der Waals surface area contributed by atoms with Crippen molar-refractivity contribution in [1.29, 1.82) is 0 Å². The van der Waals surface area contributed by atoms with Crippen LogP contribution in [0.3, 0.4) is 0 Å². The Balaban J connectivity index is 2.00. The fourth-order valence-corrected chi connectivity index (χ4v) is 1.97. The van der Waals surface area contributed by atoms with E-state index in [1.165, 1.54) is 0 Å². The number of carbonyl (C=O) groups is 2. The molecule has 90 valence electrons. The Hall–Kier alpha value is -1.19. The van der Waals surface area contributed by atoms with Gasteiger partial charge in [0.25, 0.3) is 0 Å². The first-order chi connectivity index (χ1) is 8.16. The van der Waals surface area contributed by atoms with Gasteiger partial charge in [-0.2, -0.15) is 0 Å². The average Bonchev–Trinajstić information content (AvgIpc) is 2.32. The van der Waals surface area contributed by atoms with Crippen LogP contribution in [0.25, 0.3) is 0 Å². The van der Waals surface area contributed by atoms with Gasteiger partial charge in [0, 0.05) is 17.9 Å². The maximum Gasteiger partial charge on any atom is 0.150 e. The first kappa shape index (κ1) is 12.3. The lowest BCUT2D eigenvalue weighted by molar-refractivity contribution is -0.139. The number of benzene rings is 1. The minimum atomic E-state index is -0.584. The number of hydrogen-bond donors (Lipinski definition) is 0. The van der Waals surface area contributed by atoms with Crippen LogP contribution in [0, 0.1) is 5.92 Å². The van der Waals surface area contributed by atoms with Crippen molar-refractivity contribution in [2.45, 2.75) is 12.8 Å². The van der Waals surface area contributed by atoms with Gasteiger partial charge in [0.05, 0.1) is 19.1 Å². The van der Waals surface area contributed by atoms with Gasteiger partial charge < -0.3 is 4.74 Å². The molecule has 0 radical (unpaired) electrons. The van der Waals surface area contributed by atoms with Crippen molar-refractivity contribution < 1.29 is 14.3 Å². The summed E-state index contributed by atoms with van der Waals surface area (Å²) < 4.78 is 5.17. The summed E-state index contributed by atoms with van der Waals surface area (Å²) >= 11 is 5.76. The molecule has 1 atom stereocenters. The van der Waals surface area contributed by atoms with E-state index >= 15 is 0 Å². The molecule has 1 aliphatic heterocycles. The first-order valence-electron chi connectivity index (χ1n) is 5.54. The number of halogens is 1. The topological polar surface area (TPSA) is 43.4 Å². The van der Waals surface area contributed by atoms with Crippen molar-refractivity contribution in [3.05, 3.63) is 34.9 Å². The molecule has 0 spiro atoms. The highest BCUT2D eigenvalue weighted by molar-refractivity contribution is 6.30. The summed E-state index contributed by atoms with van der Waals surface area (Å²) in [5.74, 6) is -0.660. The predicted molar refractivity (Wildman–Crippen MR) is 64.1 cm³/mol. The number of hydrogen-bond acceptors (Lipinski definition) is 3. The zero-order chi connectivity index (χ0) is 12.3. The molecule has 17 heavy (non-hydrogen) atoms. The zero-order valence-corrected chi connectivity index (χ0v) is 10.1. The lowest BCUT2D eigenvalue weighted by atomic mass is 9.92. The average molecular weight is 253 g/mol. The summed E-state index contributed by atoms with van der Waals surface area (Å²) in [6.07, 6.45) is 0.605. The van der Waals surface area contributed by atoms with Crippen molar-refractivity contribution in [1.82, 2.24) is 0 Å². The summed E-state index contributed by atoms with van der Waals surface area (Å²) in [6.45, 7) is 0.662. The fraction of sp³-hybridized carbons (Fsp3) is 0.385. The third-order valence-electron chi connectivity index (χ3n) is 2.85. The SMILES string of the molecule is O=C1CCOCC1C(=O)Cc1ccc(Cl)cc1. The van der Waals surface area contributed by atoms with E-state index in [-0.39, 0.29) is 24.6 Å². The van der Waals surface area contributed by atoms with Crippen molar-refractivity contribution in [3.63, 3.8) is 0 Å². The predicted octanol–water partition coefficient (Wildman–Crippen LogP) is 2.06. The molecule has 1 fully saturated rings. The minimum Gasteiger partial charge on any atom is -0.380 e. The lowest BCUT2D eigenvalue weighted by Crippen LogP contribution is -2.34.